The number of amides is 1. The quantitative estimate of drug-likeness (QED) is 0.826. The summed E-state index contributed by atoms with van der Waals surface area (Å²) in [6, 6.07) is 10.5. The van der Waals surface area contributed by atoms with Gasteiger partial charge >= 0.3 is 0 Å². The Hall–Kier alpha value is -2.38. The Morgan fingerprint density at radius 1 is 1.18 bits per heavy atom. The minimum absolute atomic E-state index is 0.284. The molecule has 0 saturated heterocycles. The van der Waals surface area contributed by atoms with Gasteiger partial charge in [0, 0.05) is 5.41 Å². The molecular formula is C15H16N2O4S. The second-order valence-electron chi connectivity index (χ2n) is 4.64. The van der Waals surface area contributed by atoms with Gasteiger partial charge in [0.15, 0.2) is 0 Å². The number of hydrazine groups is 1. The number of sulfonamides is 1. The van der Waals surface area contributed by atoms with E-state index in [0.29, 0.717) is 11.5 Å². The Kier molecular flexibility index (Phi) is 4.79. The zero-order valence-corrected chi connectivity index (χ0v) is 13.0. The lowest BCUT2D eigenvalue weighted by Crippen LogP contribution is -2.40. The molecule has 6 nitrogen and oxygen atoms in total. The fourth-order valence-electron chi connectivity index (χ4n) is 1.81. The minimum Gasteiger partial charge on any atom is -0.466 e. The molecule has 7 heteroatoms. The second kappa shape index (κ2) is 6.59. The van der Waals surface area contributed by atoms with Gasteiger partial charge < -0.3 is 4.42 Å². The van der Waals surface area contributed by atoms with Crippen molar-refractivity contribution in [2.24, 2.45) is 0 Å². The largest absolute Gasteiger partial charge is 0.466 e. The van der Waals surface area contributed by atoms with Crippen molar-refractivity contribution in [3.63, 3.8) is 0 Å². The third kappa shape index (κ3) is 4.31. The van der Waals surface area contributed by atoms with Crippen LogP contribution in [0, 0.1) is 13.8 Å². The highest BCUT2D eigenvalue weighted by Crippen LogP contribution is 2.13. The molecule has 1 heterocycles. The summed E-state index contributed by atoms with van der Waals surface area (Å²) in [7, 11) is -3.78. The third-order valence-corrected chi connectivity index (χ3v) is 3.71. The van der Waals surface area contributed by atoms with E-state index in [2.05, 4.69) is 5.43 Å². The summed E-state index contributed by atoms with van der Waals surface area (Å²) in [5.74, 6) is 0.426. The number of benzene rings is 1. The van der Waals surface area contributed by atoms with E-state index in [1.165, 1.54) is 6.08 Å². The van der Waals surface area contributed by atoms with Crippen molar-refractivity contribution >= 4 is 22.0 Å². The summed E-state index contributed by atoms with van der Waals surface area (Å²) in [6.07, 6.45) is 1.43. The van der Waals surface area contributed by atoms with Crippen molar-refractivity contribution in [3.8, 4) is 0 Å². The molecule has 0 unspecified atom stereocenters. The Morgan fingerprint density at radius 2 is 1.86 bits per heavy atom. The standard InChI is InChI=1S/C15H16N2O4S/c1-11-10-14(12(2)21-11)15(18)16-17-22(19,20)9-8-13-6-4-3-5-7-13/h3-10,17H,1-2H3,(H,16,18)/b9-8+. The van der Waals surface area contributed by atoms with Crippen molar-refractivity contribution in [2.45, 2.75) is 13.8 Å². The van der Waals surface area contributed by atoms with E-state index in [1.54, 1.807) is 44.2 Å². The highest BCUT2D eigenvalue weighted by Gasteiger charge is 2.15. The molecule has 116 valence electrons. The van der Waals surface area contributed by atoms with Gasteiger partial charge in [-0.05, 0) is 31.6 Å². The molecule has 0 aliphatic carbocycles. The molecule has 0 fully saturated rings. The van der Waals surface area contributed by atoms with Crippen LogP contribution in [0.25, 0.3) is 6.08 Å². The van der Waals surface area contributed by atoms with Crippen LogP contribution in [0.15, 0.2) is 46.2 Å². The van der Waals surface area contributed by atoms with Gasteiger partial charge in [0.1, 0.15) is 11.5 Å². The number of hydrogen-bond acceptors (Lipinski definition) is 4. The van der Waals surface area contributed by atoms with Gasteiger partial charge in [0.2, 0.25) is 0 Å². The van der Waals surface area contributed by atoms with E-state index in [1.807, 2.05) is 10.9 Å². The summed E-state index contributed by atoms with van der Waals surface area (Å²) >= 11 is 0. The average molecular weight is 320 g/mol. The molecule has 0 saturated carbocycles. The number of nitrogens with one attached hydrogen (secondary N) is 2. The molecule has 0 spiro atoms. The summed E-state index contributed by atoms with van der Waals surface area (Å²) in [5.41, 5.74) is 3.16. The normalized spacial score (nSPS) is 11.7. The average Bonchev–Trinajstić information content (AvgIpc) is 2.83. The van der Waals surface area contributed by atoms with Crippen LogP contribution in [-0.4, -0.2) is 14.3 Å². The van der Waals surface area contributed by atoms with Gasteiger partial charge in [-0.1, -0.05) is 30.3 Å². The smallest absolute Gasteiger partial charge is 0.269 e. The van der Waals surface area contributed by atoms with Crippen LogP contribution >= 0.6 is 0 Å². The van der Waals surface area contributed by atoms with Gasteiger partial charge in [-0.25, -0.2) is 8.42 Å². The van der Waals surface area contributed by atoms with Crippen LogP contribution in [0.4, 0.5) is 0 Å². The summed E-state index contributed by atoms with van der Waals surface area (Å²) in [6.45, 7) is 3.34. The lowest BCUT2D eigenvalue weighted by molar-refractivity contribution is 0.0944. The lowest BCUT2D eigenvalue weighted by atomic mass is 10.2. The highest BCUT2D eigenvalue weighted by molar-refractivity contribution is 7.92. The summed E-state index contributed by atoms with van der Waals surface area (Å²) < 4.78 is 28.8. The molecule has 0 bridgehead atoms. The van der Waals surface area contributed by atoms with Gasteiger partial charge in [0.05, 0.1) is 5.56 Å². The van der Waals surface area contributed by atoms with E-state index < -0.39 is 15.9 Å². The molecule has 0 aliphatic rings. The van der Waals surface area contributed by atoms with E-state index >= 15 is 0 Å². The molecule has 1 aromatic carbocycles. The highest BCUT2D eigenvalue weighted by atomic mass is 32.2. The Morgan fingerprint density at radius 3 is 2.45 bits per heavy atom. The first kappa shape index (κ1) is 16.0. The van der Waals surface area contributed by atoms with Crippen LogP contribution in [-0.2, 0) is 10.0 Å². The predicted octanol–water partition coefficient (Wildman–Crippen LogP) is 2.13. The summed E-state index contributed by atoms with van der Waals surface area (Å²) in [4.78, 5) is 13.9. The molecule has 0 atom stereocenters. The first-order chi connectivity index (χ1) is 10.4. The Balaban J connectivity index is 1.99. The Bertz CT molecular complexity index is 792. The maximum Gasteiger partial charge on any atom is 0.269 e. The van der Waals surface area contributed by atoms with E-state index in [-0.39, 0.29) is 5.56 Å². The Labute approximate surface area is 128 Å². The molecule has 22 heavy (non-hydrogen) atoms. The SMILES string of the molecule is Cc1cc(C(=O)NNS(=O)(=O)/C=C/c2ccccc2)c(C)o1. The van der Waals surface area contributed by atoms with Gasteiger partial charge in [-0.15, -0.1) is 4.83 Å². The van der Waals surface area contributed by atoms with Crippen molar-refractivity contribution in [1.82, 2.24) is 10.3 Å². The monoisotopic (exact) mass is 320 g/mol. The predicted molar refractivity (Wildman–Crippen MR) is 83.2 cm³/mol. The lowest BCUT2D eigenvalue weighted by Gasteiger charge is -2.04. The number of carbonyl (C=O) groups is 1. The van der Waals surface area contributed by atoms with E-state index in [0.717, 1.165) is 11.0 Å². The van der Waals surface area contributed by atoms with Gasteiger partial charge in [-0.3, -0.25) is 10.2 Å². The number of rotatable bonds is 5. The molecule has 2 rings (SSSR count). The molecule has 0 aliphatic heterocycles. The van der Waals surface area contributed by atoms with Crippen molar-refractivity contribution in [2.75, 3.05) is 0 Å². The van der Waals surface area contributed by atoms with Crippen molar-refractivity contribution in [3.05, 3.63) is 64.5 Å². The fraction of sp³-hybridized carbons (Fsp3) is 0.133. The zero-order valence-electron chi connectivity index (χ0n) is 12.2. The molecule has 2 aromatic rings. The number of carbonyl (C=O) groups excluding carboxylic acids is 1. The first-order valence-electron chi connectivity index (χ1n) is 6.50. The molecule has 1 amide bonds. The zero-order chi connectivity index (χ0) is 16.2. The molecule has 2 N–H and O–H groups in total. The second-order valence-corrected chi connectivity index (χ2v) is 6.21. The van der Waals surface area contributed by atoms with E-state index in [9.17, 15) is 13.2 Å². The maximum absolute atomic E-state index is 11.9. The topological polar surface area (TPSA) is 88.4 Å². The van der Waals surface area contributed by atoms with Gasteiger partial charge in [-0.2, -0.15) is 0 Å². The van der Waals surface area contributed by atoms with Gasteiger partial charge in [0.25, 0.3) is 15.9 Å². The van der Waals surface area contributed by atoms with Crippen molar-refractivity contribution in [1.29, 1.82) is 0 Å². The third-order valence-electron chi connectivity index (χ3n) is 2.83. The van der Waals surface area contributed by atoms with Crippen molar-refractivity contribution < 1.29 is 17.6 Å². The van der Waals surface area contributed by atoms with Crippen LogP contribution < -0.4 is 10.3 Å². The number of furan rings is 1. The minimum atomic E-state index is -3.78. The molecular weight excluding hydrogens is 304 g/mol. The number of aryl methyl sites for hydroxylation is 2. The molecule has 1 aromatic heterocycles. The van der Waals surface area contributed by atoms with Crippen LogP contribution in [0.1, 0.15) is 27.4 Å². The van der Waals surface area contributed by atoms with Crippen LogP contribution in [0.2, 0.25) is 0 Å². The van der Waals surface area contributed by atoms with Crippen LogP contribution in [0.5, 0.6) is 0 Å². The van der Waals surface area contributed by atoms with Crippen LogP contribution in [0.3, 0.4) is 0 Å². The van der Waals surface area contributed by atoms with E-state index in [4.69, 9.17) is 4.42 Å². The fourth-order valence-corrected chi connectivity index (χ4v) is 2.45. The number of hydrogen-bond donors (Lipinski definition) is 2. The maximum atomic E-state index is 11.9. The summed E-state index contributed by atoms with van der Waals surface area (Å²) in [5, 5.41) is 0.982. The first-order valence-corrected chi connectivity index (χ1v) is 8.04. The molecule has 0 radical (unpaired) electrons.